The van der Waals surface area contributed by atoms with Gasteiger partial charge in [0.1, 0.15) is 40.1 Å². The van der Waals surface area contributed by atoms with Crippen molar-refractivity contribution < 1.29 is 38.8 Å². The van der Waals surface area contributed by atoms with Gasteiger partial charge in [-0.1, -0.05) is 31.9 Å². The van der Waals surface area contributed by atoms with Crippen LogP contribution in [-0.4, -0.2) is 149 Å². The third kappa shape index (κ3) is 32.0. The van der Waals surface area contributed by atoms with E-state index in [1.54, 1.807) is 97.9 Å². The van der Waals surface area contributed by atoms with E-state index in [-0.39, 0.29) is 77.2 Å². The number of hydrogen-bond acceptors (Lipinski definition) is 22. The number of aromatic nitrogens is 16. The molecule has 0 aliphatic carbocycles. The molecule has 8 N–H and O–H groups in total. The van der Waals surface area contributed by atoms with Crippen LogP contribution in [0.3, 0.4) is 0 Å². The summed E-state index contributed by atoms with van der Waals surface area (Å²) in [6.07, 6.45) is 12.0. The van der Waals surface area contributed by atoms with Crippen molar-refractivity contribution in [3.8, 4) is 51.6 Å². The molecule has 8 aromatic rings. The third-order valence-corrected chi connectivity index (χ3v) is 10.7. The summed E-state index contributed by atoms with van der Waals surface area (Å²) in [5, 5.41) is 53.1. The Morgan fingerprint density at radius 2 is 0.822 bits per heavy atom. The zero-order chi connectivity index (χ0) is 64.4. The van der Waals surface area contributed by atoms with Crippen molar-refractivity contribution in [3.63, 3.8) is 0 Å². The average Bonchev–Trinajstić information content (AvgIpc) is 1.88. The Bertz CT molecular complexity index is 3190. The maximum Gasteiger partial charge on any atom is 0.408 e. The molecule has 0 aliphatic heterocycles. The van der Waals surface area contributed by atoms with Crippen LogP contribution in [-0.2, 0) is 60.0 Å². The van der Waals surface area contributed by atoms with E-state index in [1.165, 1.54) is 6.92 Å². The van der Waals surface area contributed by atoms with E-state index < -0.39 is 35.1 Å². The van der Waals surface area contributed by atoms with Crippen LogP contribution in [0.1, 0.15) is 92.5 Å². The highest BCUT2D eigenvalue weighted by atomic mass is 79.9. The second-order valence-corrected chi connectivity index (χ2v) is 22.0. The fourth-order valence-electron chi connectivity index (χ4n) is 6.60. The Labute approximate surface area is 571 Å². The van der Waals surface area contributed by atoms with Gasteiger partial charge in [-0.05, 0) is 111 Å². The van der Waals surface area contributed by atoms with E-state index in [2.05, 4.69) is 113 Å². The SMILES string of the molecule is Br.Br.Br.CC#N.CC(C)(C)OC(=O)NCc1nc(-c2ccncc2)n[nH]1.CC(C)(C)OC(=O)NCc1nc(-c2ccncc2)nn1CCBr.CC(C)(C)OC(=O)NCc1nc(-c2ccncc2)nn1CCO.CO.NCc1nc(-c2ccncc2)nn1CCBr. The summed E-state index contributed by atoms with van der Waals surface area (Å²) in [6.45, 7) is 20.4. The summed E-state index contributed by atoms with van der Waals surface area (Å²) in [4.78, 5) is 68.4. The Morgan fingerprint density at radius 3 is 1.12 bits per heavy atom. The molecule has 0 bridgehead atoms. The number of aryl methyl sites for hydroxylation is 2. The van der Waals surface area contributed by atoms with Crippen molar-refractivity contribution in [3.05, 3.63) is 121 Å². The van der Waals surface area contributed by atoms with Crippen molar-refractivity contribution in [2.75, 3.05) is 24.4 Å². The van der Waals surface area contributed by atoms with Gasteiger partial charge in [-0.15, -0.1) is 50.9 Å². The van der Waals surface area contributed by atoms with Gasteiger partial charge in [0.2, 0.25) is 0 Å². The number of carbonyl (C=O) groups excluding carboxylic acids is 3. The first-order valence-corrected chi connectivity index (χ1v) is 29.2. The van der Waals surface area contributed by atoms with Crippen molar-refractivity contribution in [1.82, 2.24) is 95.4 Å². The second-order valence-electron chi connectivity index (χ2n) is 20.4. The number of alkyl halides is 2. The minimum Gasteiger partial charge on any atom is -0.444 e. The van der Waals surface area contributed by atoms with Crippen LogP contribution in [0.25, 0.3) is 45.6 Å². The molecule has 492 valence electrons. The van der Waals surface area contributed by atoms with Gasteiger partial charge in [0.15, 0.2) is 23.3 Å². The Morgan fingerprint density at radius 1 is 0.533 bits per heavy atom. The first-order valence-electron chi connectivity index (χ1n) is 26.9. The number of aromatic amines is 1. The van der Waals surface area contributed by atoms with Crippen LogP contribution < -0.4 is 21.7 Å². The molecule has 0 saturated carbocycles. The molecule has 0 radical (unpaired) electrons. The molecule has 8 heterocycles. The summed E-state index contributed by atoms with van der Waals surface area (Å²) < 4.78 is 20.7. The van der Waals surface area contributed by atoms with E-state index in [9.17, 15) is 14.4 Å². The molecule has 8 rings (SSSR count). The van der Waals surface area contributed by atoms with E-state index in [4.69, 9.17) is 35.4 Å². The number of alkyl carbamates (subject to hydrolysis) is 3. The number of nitrogens with two attached hydrogens (primary N) is 1. The number of nitrogens with one attached hydrogen (secondary N) is 4. The Balaban J connectivity index is 0.00000114. The van der Waals surface area contributed by atoms with Crippen molar-refractivity contribution in [1.29, 1.82) is 5.26 Å². The highest BCUT2D eigenvalue weighted by Gasteiger charge is 2.21. The number of halogens is 5. The predicted molar refractivity (Wildman–Crippen MR) is 362 cm³/mol. The molecule has 29 nitrogen and oxygen atoms in total. The Hall–Kier alpha value is -7.26. The molecule has 90 heavy (non-hydrogen) atoms. The monoisotopic (exact) mass is 1570 g/mol. The van der Waals surface area contributed by atoms with Gasteiger partial charge in [0.25, 0.3) is 0 Å². The third-order valence-electron chi connectivity index (χ3n) is 10.00. The van der Waals surface area contributed by atoms with Gasteiger partial charge >= 0.3 is 18.3 Å². The fraction of sp³-hybridized carbons (Fsp3) is 0.429. The van der Waals surface area contributed by atoms with Gasteiger partial charge in [-0.25, -0.2) is 48.4 Å². The molecule has 3 amide bonds. The maximum absolute atomic E-state index is 11.8. The summed E-state index contributed by atoms with van der Waals surface area (Å²) in [7, 11) is 1.00. The largest absolute Gasteiger partial charge is 0.444 e. The molecule has 0 aromatic carbocycles. The number of pyridine rings is 4. The summed E-state index contributed by atoms with van der Waals surface area (Å²) >= 11 is 6.77. The molecular weight excluding hydrogens is 1490 g/mol. The lowest BCUT2D eigenvalue weighted by atomic mass is 10.2. The summed E-state index contributed by atoms with van der Waals surface area (Å²) in [5.74, 6) is 4.95. The zero-order valence-corrected chi connectivity index (χ0v) is 60.2. The van der Waals surface area contributed by atoms with E-state index in [0.717, 1.165) is 52.4 Å². The number of nitrogens with zero attached hydrogens (tertiary/aromatic N) is 16. The number of amides is 3. The smallest absolute Gasteiger partial charge is 0.408 e. The number of hydrogen-bond donors (Lipinski definition) is 7. The molecule has 34 heteroatoms. The fourth-order valence-corrected chi connectivity index (χ4v) is 7.27. The number of nitriles is 1. The molecule has 0 unspecified atom stereocenters. The molecule has 0 fully saturated rings. The molecule has 0 saturated heterocycles. The summed E-state index contributed by atoms with van der Waals surface area (Å²) in [6, 6.07) is 16.4. The van der Waals surface area contributed by atoms with Gasteiger partial charge < -0.3 is 46.1 Å². The standard InChI is InChI=1S/C15H20BrN5O2.C15H21N5O3.C13H17N5O2.C10H12BrN5.C2H3N.CH4O.3BrH/c1-15(2,3)23-14(22)18-10-12-19-13(20-21(12)9-6-16)11-4-7-17-8-5-11;1-15(2,3)23-14(22)17-10-12-18-13(19-20(12)8-9-21)11-4-6-16-7-5-11;1-13(2,3)20-12(19)15-8-10-16-11(18-17-10)9-4-6-14-7-5-9;11-3-6-16-9(7-12)14-10(15-16)8-1-4-13-5-2-8;1-2-3;1-2;;;/h4-5,7-8H,6,9-10H2,1-3H3,(H,18,22);4-7,21H,8-10H2,1-3H3,(H,17,22);4-7H,8H2,1-3H3,(H,15,19)(H,16,17,18);1-2,4-5H,3,6-7,12H2;1H3;2H,1H3;3*1H. The van der Waals surface area contributed by atoms with Crippen LogP contribution in [0.4, 0.5) is 14.4 Å². The first-order chi connectivity index (χ1) is 41.5. The molecular formula is C56H80Br5N21O8. The lowest BCUT2D eigenvalue weighted by Crippen LogP contribution is -2.33. The number of aliphatic hydroxyl groups excluding tert-OH is 2. The number of ether oxygens (including phenoxy) is 3. The molecule has 0 aliphatic rings. The predicted octanol–water partition coefficient (Wildman–Crippen LogP) is 9.07. The van der Waals surface area contributed by atoms with Crippen LogP contribution in [0.15, 0.2) is 98.1 Å². The van der Waals surface area contributed by atoms with Crippen LogP contribution in [0.2, 0.25) is 0 Å². The minimum absolute atomic E-state index is 0. The van der Waals surface area contributed by atoms with E-state index in [0.29, 0.717) is 60.4 Å². The molecule has 8 aromatic heterocycles. The number of aliphatic hydroxyl groups is 2. The highest BCUT2D eigenvalue weighted by Crippen LogP contribution is 2.18. The topological polar surface area (TPSA) is 391 Å². The van der Waals surface area contributed by atoms with Gasteiger partial charge in [0, 0.05) is 96.5 Å². The summed E-state index contributed by atoms with van der Waals surface area (Å²) in [5.41, 5.74) is 7.52. The van der Waals surface area contributed by atoms with Gasteiger partial charge in [-0.2, -0.15) is 25.7 Å². The van der Waals surface area contributed by atoms with Crippen molar-refractivity contribution in [2.24, 2.45) is 5.73 Å². The normalized spacial score (nSPS) is 10.3. The average molecular weight is 1570 g/mol. The molecule has 0 atom stereocenters. The van der Waals surface area contributed by atoms with Crippen LogP contribution >= 0.6 is 82.8 Å². The molecule has 0 spiro atoms. The van der Waals surface area contributed by atoms with Gasteiger partial charge in [0.05, 0.1) is 58.5 Å². The zero-order valence-electron chi connectivity index (χ0n) is 51.9. The second kappa shape index (κ2) is 43.5. The van der Waals surface area contributed by atoms with Crippen molar-refractivity contribution in [2.45, 2.75) is 132 Å². The lowest BCUT2D eigenvalue weighted by molar-refractivity contribution is 0.0510. The number of H-pyrrole nitrogens is 1. The van der Waals surface area contributed by atoms with E-state index in [1.807, 2.05) is 82.6 Å². The highest BCUT2D eigenvalue weighted by molar-refractivity contribution is 9.09. The first kappa shape index (κ1) is 82.7. The lowest BCUT2D eigenvalue weighted by Gasteiger charge is -2.19. The minimum atomic E-state index is -0.564. The number of carbonyl (C=O) groups is 3. The van der Waals surface area contributed by atoms with Crippen LogP contribution in [0, 0.1) is 11.3 Å². The Kier molecular flexibility index (Phi) is 39.9. The number of rotatable bonds is 17. The van der Waals surface area contributed by atoms with Gasteiger partial charge in [-0.3, -0.25) is 25.0 Å². The van der Waals surface area contributed by atoms with Crippen LogP contribution in [0.5, 0.6) is 0 Å². The maximum atomic E-state index is 11.8. The van der Waals surface area contributed by atoms with Crippen molar-refractivity contribution >= 4 is 101 Å². The quantitative estimate of drug-likeness (QED) is 0.0330. The van der Waals surface area contributed by atoms with E-state index >= 15 is 0 Å².